The van der Waals surface area contributed by atoms with Crippen LogP contribution in [0.25, 0.3) is 0 Å². The summed E-state index contributed by atoms with van der Waals surface area (Å²) in [7, 11) is -4.13. The Morgan fingerprint density at radius 3 is 2.26 bits per heavy atom. The largest absolute Gasteiger partial charge is 0.354 e. The van der Waals surface area contributed by atoms with E-state index in [1.54, 1.807) is 44.2 Å². The number of sulfonamides is 1. The molecule has 2 amide bonds. The van der Waals surface area contributed by atoms with Gasteiger partial charge in [-0.3, -0.25) is 13.9 Å². The average Bonchev–Trinajstić information content (AvgIpc) is 2.91. The van der Waals surface area contributed by atoms with Crippen LogP contribution >= 0.6 is 11.6 Å². The second-order valence-corrected chi connectivity index (χ2v) is 11.9. The Morgan fingerprint density at radius 1 is 0.974 bits per heavy atom. The van der Waals surface area contributed by atoms with Crippen LogP contribution in [0, 0.1) is 13.8 Å². The number of halogens is 1. The molecule has 208 valence electrons. The van der Waals surface area contributed by atoms with Crippen molar-refractivity contribution < 1.29 is 18.0 Å². The minimum absolute atomic E-state index is 0.0650. The minimum Gasteiger partial charge on any atom is -0.354 e. The van der Waals surface area contributed by atoms with E-state index >= 15 is 0 Å². The zero-order valence-electron chi connectivity index (χ0n) is 22.9. The molecule has 0 bridgehead atoms. The Balaban J connectivity index is 2.02. The summed E-state index contributed by atoms with van der Waals surface area (Å²) < 4.78 is 28.9. The number of hydrogen-bond donors (Lipinski definition) is 1. The van der Waals surface area contributed by atoms with Gasteiger partial charge < -0.3 is 10.2 Å². The monoisotopic (exact) mass is 569 g/mol. The molecule has 0 aliphatic rings. The van der Waals surface area contributed by atoms with Gasteiger partial charge in [0.25, 0.3) is 10.0 Å². The van der Waals surface area contributed by atoms with Gasteiger partial charge in [0.2, 0.25) is 11.8 Å². The van der Waals surface area contributed by atoms with Gasteiger partial charge in [0, 0.05) is 18.1 Å². The molecule has 0 spiro atoms. The predicted octanol–water partition coefficient (Wildman–Crippen LogP) is 5.49. The van der Waals surface area contributed by atoms with E-state index < -0.39 is 28.5 Å². The van der Waals surface area contributed by atoms with E-state index in [9.17, 15) is 18.0 Å². The fraction of sp³-hybridized carbons (Fsp3) is 0.333. The van der Waals surface area contributed by atoms with Crippen molar-refractivity contribution in [1.29, 1.82) is 0 Å². The Bertz CT molecular complexity index is 1380. The van der Waals surface area contributed by atoms with Crippen LogP contribution in [0.2, 0.25) is 5.02 Å². The lowest BCUT2D eigenvalue weighted by molar-refractivity contribution is -0.139. The molecule has 0 aliphatic heterocycles. The number of rotatable bonds is 12. The number of unbranched alkanes of at least 4 members (excludes halogenated alkanes) is 1. The van der Waals surface area contributed by atoms with Gasteiger partial charge in [0.1, 0.15) is 12.6 Å². The van der Waals surface area contributed by atoms with Crippen molar-refractivity contribution in [1.82, 2.24) is 10.2 Å². The summed E-state index contributed by atoms with van der Waals surface area (Å²) in [5.41, 5.74) is 2.69. The molecule has 0 saturated carbocycles. The van der Waals surface area contributed by atoms with Crippen LogP contribution in [0.1, 0.15) is 43.4 Å². The SMILES string of the molecule is CCCCNC(=O)C(C)N(Cc1ccccc1)C(=O)CN(c1ccc(Cl)cc1C)S(=O)(=O)c1ccc(C)cc1. The Morgan fingerprint density at radius 2 is 1.64 bits per heavy atom. The van der Waals surface area contributed by atoms with E-state index in [0.717, 1.165) is 28.3 Å². The number of benzene rings is 3. The highest BCUT2D eigenvalue weighted by molar-refractivity contribution is 7.92. The lowest BCUT2D eigenvalue weighted by Crippen LogP contribution is -2.51. The van der Waals surface area contributed by atoms with Crippen molar-refractivity contribution >= 4 is 39.1 Å². The molecule has 3 aromatic rings. The molecule has 3 aromatic carbocycles. The summed E-state index contributed by atoms with van der Waals surface area (Å²) in [6.07, 6.45) is 1.75. The van der Waals surface area contributed by atoms with Crippen LogP contribution in [0.15, 0.2) is 77.7 Å². The first-order valence-electron chi connectivity index (χ1n) is 13.0. The maximum atomic E-state index is 13.9. The molecule has 3 rings (SSSR count). The van der Waals surface area contributed by atoms with Crippen LogP contribution in [-0.4, -0.2) is 44.3 Å². The Labute approximate surface area is 236 Å². The molecule has 39 heavy (non-hydrogen) atoms. The molecule has 1 atom stereocenters. The third-order valence-corrected chi connectivity index (χ3v) is 8.52. The summed E-state index contributed by atoms with van der Waals surface area (Å²) in [5.74, 6) is -0.787. The number of hydrogen-bond acceptors (Lipinski definition) is 4. The molecule has 0 fully saturated rings. The standard InChI is InChI=1S/C30H36ClN3O4S/c1-5-6-18-32-30(36)24(4)33(20-25-10-8-7-9-11-25)29(35)21-34(28-17-14-26(31)19-23(28)3)39(37,38)27-15-12-22(2)13-16-27/h7-17,19,24H,5-6,18,20-21H2,1-4H3,(H,32,36). The van der Waals surface area contributed by atoms with Gasteiger partial charge in [-0.2, -0.15) is 0 Å². The second-order valence-electron chi connectivity index (χ2n) is 9.58. The summed E-state index contributed by atoms with van der Waals surface area (Å²) >= 11 is 6.16. The molecule has 0 saturated heterocycles. The third kappa shape index (κ3) is 7.83. The Hall–Kier alpha value is -3.36. The minimum atomic E-state index is -4.13. The lowest BCUT2D eigenvalue weighted by atomic mass is 10.1. The summed E-state index contributed by atoms with van der Waals surface area (Å²) in [5, 5.41) is 3.34. The second kappa shape index (κ2) is 13.6. The molecule has 0 aromatic heterocycles. The van der Waals surface area contributed by atoms with E-state index in [0.29, 0.717) is 22.8 Å². The number of anilines is 1. The van der Waals surface area contributed by atoms with Gasteiger partial charge in [-0.05, 0) is 68.7 Å². The van der Waals surface area contributed by atoms with Gasteiger partial charge in [0.15, 0.2) is 0 Å². The number of carbonyl (C=O) groups is 2. The van der Waals surface area contributed by atoms with Crippen LogP contribution in [-0.2, 0) is 26.2 Å². The van der Waals surface area contributed by atoms with Crippen LogP contribution in [0.5, 0.6) is 0 Å². The van der Waals surface area contributed by atoms with E-state index in [1.807, 2.05) is 44.2 Å². The normalized spacial score (nSPS) is 12.0. The first-order valence-corrected chi connectivity index (χ1v) is 14.8. The maximum absolute atomic E-state index is 13.9. The summed E-state index contributed by atoms with van der Waals surface area (Å²) in [6, 6.07) is 19.8. The number of nitrogens with one attached hydrogen (secondary N) is 1. The van der Waals surface area contributed by atoms with Crippen molar-refractivity contribution in [2.75, 3.05) is 17.4 Å². The predicted molar refractivity (Wildman–Crippen MR) is 156 cm³/mol. The fourth-order valence-corrected chi connectivity index (χ4v) is 5.85. The number of amides is 2. The molecule has 9 heteroatoms. The van der Waals surface area contributed by atoms with Crippen LogP contribution in [0.3, 0.4) is 0 Å². The van der Waals surface area contributed by atoms with Gasteiger partial charge in [0.05, 0.1) is 10.6 Å². The van der Waals surface area contributed by atoms with E-state index in [4.69, 9.17) is 11.6 Å². The van der Waals surface area contributed by atoms with E-state index in [1.165, 1.54) is 17.0 Å². The van der Waals surface area contributed by atoms with Crippen molar-refractivity contribution in [3.8, 4) is 0 Å². The third-order valence-electron chi connectivity index (χ3n) is 6.51. The number of aryl methyl sites for hydroxylation is 2. The van der Waals surface area contributed by atoms with Gasteiger partial charge in [-0.1, -0.05) is 73.0 Å². The highest BCUT2D eigenvalue weighted by Gasteiger charge is 2.33. The quantitative estimate of drug-likeness (QED) is 0.292. The van der Waals surface area contributed by atoms with Crippen molar-refractivity contribution in [3.05, 3.63) is 94.5 Å². The van der Waals surface area contributed by atoms with Crippen LogP contribution in [0.4, 0.5) is 5.69 Å². The highest BCUT2D eigenvalue weighted by atomic mass is 35.5. The zero-order valence-corrected chi connectivity index (χ0v) is 24.4. The number of carbonyl (C=O) groups excluding carboxylic acids is 2. The molecular formula is C30H36ClN3O4S. The molecule has 1 N–H and O–H groups in total. The van der Waals surface area contributed by atoms with Crippen molar-refractivity contribution in [2.45, 2.75) is 58.0 Å². The summed E-state index contributed by atoms with van der Waals surface area (Å²) in [4.78, 5) is 28.4. The van der Waals surface area contributed by atoms with Crippen molar-refractivity contribution in [2.24, 2.45) is 0 Å². The van der Waals surface area contributed by atoms with Gasteiger partial charge in [-0.15, -0.1) is 0 Å². The highest BCUT2D eigenvalue weighted by Crippen LogP contribution is 2.29. The zero-order chi connectivity index (χ0) is 28.6. The average molecular weight is 570 g/mol. The Kier molecular flexibility index (Phi) is 10.5. The first-order chi connectivity index (χ1) is 18.5. The molecule has 0 heterocycles. The fourth-order valence-electron chi connectivity index (χ4n) is 4.15. The molecule has 7 nitrogen and oxygen atoms in total. The van der Waals surface area contributed by atoms with Gasteiger partial charge in [-0.25, -0.2) is 8.42 Å². The smallest absolute Gasteiger partial charge is 0.264 e. The molecular weight excluding hydrogens is 534 g/mol. The topological polar surface area (TPSA) is 86.8 Å². The lowest BCUT2D eigenvalue weighted by Gasteiger charge is -2.32. The van der Waals surface area contributed by atoms with Crippen molar-refractivity contribution in [3.63, 3.8) is 0 Å². The summed E-state index contributed by atoms with van der Waals surface area (Å²) in [6.45, 7) is 7.48. The number of nitrogens with zero attached hydrogens (tertiary/aromatic N) is 2. The van der Waals surface area contributed by atoms with Crippen LogP contribution < -0.4 is 9.62 Å². The molecule has 1 unspecified atom stereocenters. The van der Waals surface area contributed by atoms with Gasteiger partial charge >= 0.3 is 0 Å². The first kappa shape index (κ1) is 30.2. The van der Waals surface area contributed by atoms with E-state index in [2.05, 4.69) is 5.32 Å². The maximum Gasteiger partial charge on any atom is 0.264 e. The van der Waals surface area contributed by atoms with E-state index in [-0.39, 0.29) is 17.3 Å². The molecule has 0 radical (unpaired) electrons. The molecule has 0 aliphatic carbocycles.